The van der Waals surface area contributed by atoms with Gasteiger partial charge in [-0.3, -0.25) is 5.32 Å². The summed E-state index contributed by atoms with van der Waals surface area (Å²) in [5, 5.41) is 7.53. The van der Waals surface area contributed by atoms with Gasteiger partial charge >= 0.3 is 0 Å². The Morgan fingerprint density at radius 1 is 0.929 bits per heavy atom. The number of hydrogen-bond acceptors (Lipinski definition) is 4. The average molecular weight is 373 g/mol. The molecule has 4 aromatic rings. The molecule has 0 spiro atoms. The maximum atomic E-state index is 13.3. The Labute approximate surface area is 163 Å². The van der Waals surface area contributed by atoms with Crippen LogP contribution in [0.2, 0.25) is 0 Å². The van der Waals surface area contributed by atoms with Gasteiger partial charge in [0.25, 0.3) is 0 Å². The van der Waals surface area contributed by atoms with E-state index >= 15 is 0 Å². The first-order valence-corrected chi connectivity index (χ1v) is 9.12. The van der Waals surface area contributed by atoms with Gasteiger partial charge < -0.3 is 4.52 Å². The minimum atomic E-state index is -0.254. The van der Waals surface area contributed by atoms with Crippen molar-refractivity contribution in [3.8, 4) is 11.4 Å². The molecule has 140 valence electrons. The fraction of sp³-hybridized carbons (Fsp3) is 0.130. The van der Waals surface area contributed by atoms with Gasteiger partial charge in [-0.05, 0) is 36.2 Å². The maximum Gasteiger partial charge on any atom is 0.240 e. The van der Waals surface area contributed by atoms with E-state index in [1.807, 2.05) is 61.5 Å². The fourth-order valence-electron chi connectivity index (χ4n) is 3.15. The third-order valence-electron chi connectivity index (χ3n) is 4.54. The number of aryl methyl sites for hydroxylation is 1. The van der Waals surface area contributed by atoms with Crippen LogP contribution >= 0.6 is 0 Å². The molecular weight excluding hydrogens is 353 g/mol. The average Bonchev–Trinajstić information content (AvgIpc) is 3.19. The molecule has 3 aromatic carbocycles. The summed E-state index contributed by atoms with van der Waals surface area (Å²) in [5.74, 6) is 0.813. The van der Waals surface area contributed by atoms with Crippen molar-refractivity contribution in [1.82, 2.24) is 15.5 Å². The molecule has 0 bridgehead atoms. The number of aromatic nitrogens is 2. The summed E-state index contributed by atoms with van der Waals surface area (Å²) in [6, 6.07) is 24.4. The van der Waals surface area contributed by atoms with Crippen LogP contribution in [0.5, 0.6) is 0 Å². The SMILES string of the molecule is Cc1cccc(-c2noc(CNC(c3ccccc3)c3ccc(F)cc3)n2)c1. The van der Waals surface area contributed by atoms with E-state index in [-0.39, 0.29) is 11.9 Å². The van der Waals surface area contributed by atoms with E-state index in [9.17, 15) is 4.39 Å². The second kappa shape index (κ2) is 8.15. The Kier molecular flexibility index (Phi) is 5.26. The van der Waals surface area contributed by atoms with Gasteiger partial charge in [-0.25, -0.2) is 4.39 Å². The van der Waals surface area contributed by atoms with Gasteiger partial charge in [-0.15, -0.1) is 0 Å². The molecule has 28 heavy (non-hydrogen) atoms. The molecule has 1 N–H and O–H groups in total. The van der Waals surface area contributed by atoms with Crippen LogP contribution in [0.15, 0.2) is 83.4 Å². The van der Waals surface area contributed by atoms with Crippen molar-refractivity contribution in [2.24, 2.45) is 0 Å². The van der Waals surface area contributed by atoms with Crippen LogP contribution in [0.4, 0.5) is 4.39 Å². The lowest BCUT2D eigenvalue weighted by Gasteiger charge is -2.19. The Balaban J connectivity index is 1.54. The van der Waals surface area contributed by atoms with Gasteiger partial charge in [-0.1, -0.05) is 71.4 Å². The van der Waals surface area contributed by atoms with Crippen LogP contribution in [0.3, 0.4) is 0 Å². The van der Waals surface area contributed by atoms with Crippen LogP contribution in [-0.2, 0) is 6.54 Å². The molecule has 0 amide bonds. The van der Waals surface area contributed by atoms with Crippen molar-refractivity contribution in [2.45, 2.75) is 19.5 Å². The van der Waals surface area contributed by atoms with Crippen molar-refractivity contribution in [1.29, 1.82) is 0 Å². The molecule has 1 unspecified atom stereocenters. The topological polar surface area (TPSA) is 51.0 Å². The molecule has 0 saturated heterocycles. The van der Waals surface area contributed by atoms with Crippen molar-refractivity contribution in [3.05, 3.63) is 107 Å². The van der Waals surface area contributed by atoms with E-state index in [4.69, 9.17) is 4.52 Å². The molecule has 0 aliphatic heterocycles. The highest BCUT2D eigenvalue weighted by molar-refractivity contribution is 5.55. The number of rotatable bonds is 6. The van der Waals surface area contributed by atoms with E-state index in [0.717, 1.165) is 22.3 Å². The van der Waals surface area contributed by atoms with E-state index in [1.54, 1.807) is 12.1 Å². The Morgan fingerprint density at radius 3 is 2.43 bits per heavy atom. The summed E-state index contributed by atoms with van der Waals surface area (Å²) in [4.78, 5) is 4.49. The predicted molar refractivity (Wildman–Crippen MR) is 106 cm³/mol. The second-order valence-corrected chi connectivity index (χ2v) is 6.66. The van der Waals surface area contributed by atoms with E-state index in [0.29, 0.717) is 18.3 Å². The van der Waals surface area contributed by atoms with E-state index in [2.05, 4.69) is 15.5 Å². The molecule has 5 heteroatoms. The van der Waals surface area contributed by atoms with Crippen molar-refractivity contribution in [2.75, 3.05) is 0 Å². The van der Waals surface area contributed by atoms with Crippen LogP contribution < -0.4 is 5.32 Å². The molecule has 4 rings (SSSR count). The quantitative estimate of drug-likeness (QED) is 0.513. The zero-order chi connectivity index (χ0) is 19.3. The normalized spacial score (nSPS) is 12.1. The third-order valence-corrected chi connectivity index (χ3v) is 4.54. The molecule has 0 fully saturated rings. The van der Waals surface area contributed by atoms with Crippen LogP contribution in [0.25, 0.3) is 11.4 Å². The molecule has 1 heterocycles. The van der Waals surface area contributed by atoms with Crippen LogP contribution in [0, 0.1) is 12.7 Å². The predicted octanol–water partition coefficient (Wildman–Crippen LogP) is 5.06. The molecule has 0 radical (unpaired) electrons. The third kappa shape index (κ3) is 4.15. The number of nitrogens with zero attached hydrogens (tertiary/aromatic N) is 2. The minimum absolute atomic E-state index is 0.115. The van der Waals surface area contributed by atoms with Gasteiger partial charge in [0.1, 0.15) is 5.82 Å². The number of benzene rings is 3. The first kappa shape index (κ1) is 18.1. The molecular formula is C23H20FN3O. The fourth-order valence-corrected chi connectivity index (χ4v) is 3.15. The summed E-state index contributed by atoms with van der Waals surface area (Å²) in [5.41, 5.74) is 4.11. The monoisotopic (exact) mass is 373 g/mol. The summed E-state index contributed by atoms with van der Waals surface area (Å²) in [7, 11) is 0. The van der Waals surface area contributed by atoms with E-state index < -0.39 is 0 Å². The molecule has 0 aliphatic rings. The van der Waals surface area contributed by atoms with Gasteiger partial charge in [-0.2, -0.15) is 4.98 Å². The maximum absolute atomic E-state index is 13.3. The molecule has 0 aliphatic carbocycles. The minimum Gasteiger partial charge on any atom is -0.338 e. The summed E-state index contributed by atoms with van der Waals surface area (Å²) >= 11 is 0. The summed E-state index contributed by atoms with van der Waals surface area (Å²) in [6.45, 7) is 2.43. The number of hydrogen-bond donors (Lipinski definition) is 1. The Bertz CT molecular complexity index is 1040. The highest BCUT2D eigenvalue weighted by Gasteiger charge is 2.16. The zero-order valence-electron chi connectivity index (χ0n) is 15.5. The highest BCUT2D eigenvalue weighted by Crippen LogP contribution is 2.23. The first-order chi connectivity index (χ1) is 13.7. The van der Waals surface area contributed by atoms with Gasteiger partial charge in [0.15, 0.2) is 0 Å². The molecule has 0 saturated carbocycles. The lowest BCUT2D eigenvalue weighted by molar-refractivity contribution is 0.363. The van der Waals surface area contributed by atoms with Crippen molar-refractivity contribution in [3.63, 3.8) is 0 Å². The Hall–Kier alpha value is -3.31. The number of nitrogens with one attached hydrogen (secondary N) is 1. The van der Waals surface area contributed by atoms with E-state index in [1.165, 1.54) is 12.1 Å². The van der Waals surface area contributed by atoms with Crippen molar-refractivity contribution < 1.29 is 8.91 Å². The lowest BCUT2D eigenvalue weighted by Crippen LogP contribution is -2.22. The first-order valence-electron chi connectivity index (χ1n) is 9.12. The standard InChI is InChI=1S/C23H20FN3O/c1-16-6-5-9-19(14-16)23-26-21(28-27-23)15-25-22(17-7-3-2-4-8-17)18-10-12-20(24)13-11-18/h2-14,22,25H,15H2,1H3. The van der Waals surface area contributed by atoms with Crippen LogP contribution in [-0.4, -0.2) is 10.1 Å². The lowest BCUT2D eigenvalue weighted by atomic mass is 9.98. The molecule has 1 aromatic heterocycles. The molecule has 4 nitrogen and oxygen atoms in total. The van der Waals surface area contributed by atoms with Crippen LogP contribution in [0.1, 0.15) is 28.6 Å². The smallest absolute Gasteiger partial charge is 0.240 e. The summed E-state index contributed by atoms with van der Waals surface area (Å²) in [6.07, 6.45) is 0. The second-order valence-electron chi connectivity index (χ2n) is 6.66. The van der Waals surface area contributed by atoms with Gasteiger partial charge in [0, 0.05) is 5.56 Å². The summed E-state index contributed by atoms with van der Waals surface area (Å²) < 4.78 is 18.8. The Morgan fingerprint density at radius 2 is 1.68 bits per heavy atom. The van der Waals surface area contributed by atoms with Gasteiger partial charge in [0.2, 0.25) is 11.7 Å². The highest BCUT2D eigenvalue weighted by atomic mass is 19.1. The van der Waals surface area contributed by atoms with Gasteiger partial charge in [0.05, 0.1) is 12.6 Å². The largest absolute Gasteiger partial charge is 0.338 e. The van der Waals surface area contributed by atoms with Crippen molar-refractivity contribution >= 4 is 0 Å². The number of halogens is 1. The zero-order valence-corrected chi connectivity index (χ0v) is 15.5. The molecule has 1 atom stereocenters.